The van der Waals surface area contributed by atoms with Crippen LogP contribution in [0.2, 0.25) is 10.0 Å². The minimum atomic E-state index is -0.819. The Hall–Kier alpha value is -9.18. The monoisotopic (exact) mass is 1140 g/mol. The smallest absolute Gasteiger partial charge is 0.0715 e. The molecule has 12 aromatic rings. The van der Waals surface area contributed by atoms with E-state index in [0.29, 0.717) is 10.0 Å². The number of fused-ring (bicyclic) bond motifs is 3. The highest BCUT2D eigenvalue weighted by atomic mass is 35.5. The first-order valence-electron chi connectivity index (χ1n) is 29.4. The fourth-order valence-electron chi connectivity index (χ4n) is 12.8. The summed E-state index contributed by atoms with van der Waals surface area (Å²) in [4.78, 5) is 4.97. The van der Waals surface area contributed by atoms with Crippen LogP contribution in [0.25, 0.3) is 55.6 Å². The van der Waals surface area contributed by atoms with Gasteiger partial charge in [-0.05, 0) is 156 Å². The topological polar surface area (TPSA) is 6.48 Å². The maximum absolute atomic E-state index is 7.32. The van der Waals surface area contributed by atoms with Crippen LogP contribution < -0.4 is 9.80 Å². The molecular weight excluding hydrogens is 1070 g/mol. The second-order valence-corrected chi connectivity index (χ2v) is 25.3. The zero-order chi connectivity index (χ0) is 58.5. The summed E-state index contributed by atoms with van der Waals surface area (Å²) in [6.07, 6.45) is 0. The average molecular weight is 1140 g/mol. The van der Waals surface area contributed by atoms with E-state index in [2.05, 4.69) is 330 Å². The maximum atomic E-state index is 7.32. The van der Waals surface area contributed by atoms with Crippen LogP contribution in [0.15, 0.2) is 291 Å². The fraction of sp³-hybridized carbons (Fsp3) is 0.111. The summed E-state index contributed by atoms with van der Waals surface area (Å²) >= 11 is 14.6. The Morgan fingerprint density at radius 2 is 0.588 bits per heavy atom. The van der Waals surface area contributed by atoms with Crippen molar-refractivity contribution in [2.45, 2.75) is 57.8 Å². The second kappa shape index (κ2) is 22.4. The highest BCUT2D eigenvalue weighted by molar-refractivity contribution is 6.31. The van der Waals surface area contributed by atoms with Gasteiger partial charge in [0.2, 0.25) is 0 Å². The lowest BCUT2D eigenvalue weighted by molar-refractivity contribution is 0.590. The van der Waals surface area contributed by atoms with E-state index in [9.17, 15) is 0 Å². The zero-order valence-electron chi connectivity index (χ0n) is 48.9. The molecule has 0 heterocycles. The molecule has 2 nitrogen and oxygen atoms in total. The van der Waals surface area contributed by atoms with Crippen molar-refractivity contribution in [2.24, 2.45) is 0 Å². The van der Waals surface area contributed by atoms with E-state index in [-0.39, 0.29) is 10.8 Å². The quantitative estimate of drug-likeness (QED) is 0.120. The van der Waals surface area contributed by atoms with Crippen LogP contribution >= 0.6 is 23.2 Å². The Morgan fingerprint density at radius 1 is 0.271 bits per heavy atom. The third-order valence-corrected chi connectivity index (χ3v) is 17.4. The number of benzene rings is 12. The molecule has 0 aromatic heterocycles. The van der Waals surface area contributed by atoms with Crippen molar-refractivity contribution in [1.82, 2.24) is 0 Å². The third-order valence-electron chi connectivity index (χ3n) is 16.9. The Morgan fingerprint density at radius 3 is 0.918 bits per heavy atom. The lowest BCUT2D eigenvalue weighted by Crippen LogP contribution is -2.29. The van der Waals surface area contributed by atoms with E-state index >= 15 is 0 Å². The van der Waals surface area contributed by atoms with Crippen molar-refractivity contribution >= 4 is 57.3 Å². The van der Waals surface area contributed by atoms with Gasteiger partial charge >= 0.3 is 0 Å². The van der Waals surface area contributed by atoms with Crippen LogP contribution in [0, 0.1) is 0 Å². The predicted octanol–water partition coefficient (Wildman–Crippen LogP) is 23.6. The lowest BCUT2D eigenvalue weighted by Gasteiger charge is -2.38. The van der Waals surface area contributed by atoms with E-state index in [0.717, 1.165) is 89.8 Å². The summed E-state index contributed by atoms with van der Waals surface area (Å²) in [7, 11) is 0. The molecule has 13 rings (SSSR count). The summed E-state index contributed by atoms with van der Waals surface area (Å²) < 4.78 is 0. The maximum Gasteiger partial charge on any atom is 0.0715 e. The van der Waals surface area contributed by atoms with Gasteiger partial charge in [0, 0.05) is 55.0 Å². The molecular formula is C81H66Cl2N2. The molecule has 4 heteroatoms. The molecule has 0 saturated heterocycles. The van der Waals surface area contributed by atoms with Crippen molar-refractivity contribution in [1.29, 1.82) is 0 Å². The molecule has 414 valence electrons. The van der Waals surface area contributed by atoms with Gasteiger partial charge in [0.25, 0.3) is 0 Å². The fourth-order valence-corrected chi connectivity index (χ4v) is 13.2. The second-order valence-electron chi connectivity index (χ2n) is 24.4. The first-order valence-corrected chi connectivity index (χ1v) is 30.1. The summed E-state index contributed by atoms with van der Waals surface area (Å²) in [5, 5.41) is 1.26. The molecule has 0 spiro atoms. The van der Waals surface area contributed by atoms with Gasteiger partial charge in [-0.15, -0.1) is 0 Å². The third kappa shape index (κ3) is 10.2. The van der Waals surface area contributed by atoms with Gasteiger partial charge in [-0.1, -0.05) is 277 Å². The standard InChI is InChI=1S/C81H66Cl2N2/c1-79(2,3)60-48-71(55-28-12-7-13-29-55)77(72(49-60)56-30-14-8-15-31-56)84(65-40-26-38-63(82)52-65)67-46-62(81(59-36-20-11-21-37-59)75-44-24-22-42-69(75)70-43-23-25-45-76(70)81)47-68(54-67)85(66-41-27-39-64(83)53-66)78-73(57-32-16-9-17-33-57)50-61(80(4,5)6)51-74(78)58-34-18-10-19-35-58/h7-54H,1-6H3. The van der Waals surface area contributed by atoms with Crippen LogP contribution in [0.1, 0.15) is 74.9 Å². The molecule has 12 aromatic carbocycles. The number of anilines is 6. The molecule has 0 aliphatic heterocycles. The molecule has 0 radical (unpaired) electrons. The van der Waals surface area contributed by atoms with Crippen molar-refractivity contribution in [3.8, 4) is 55.6 Å². The first kappa shape index (κ1) is 55.0. The molecule has 0 bridgehead atoms. The molecule has 0 N–H and O–H groups in total. The molecule has 1 aliphatic rings. The molecule has 0 fully saturated rings. The van der Waals surface area contributed by atoms with E-state index in [1.54, 1.807) is 0 Å². The summed E-state index contributed by atoms with van der Waals surface area (Å²) in [5.41, 5.74) is 22.8. The van der Waals surface area contributed by atoms with E-state index in [1.165, 1.54) is 33.4 Å². The number of nitrogens with zero attached hydrogens (tertiary/aromatic N) is 2. The number of halogens is 2. The van der Waals surface area contributed by atoms with Crippen LogP contribution in [-0.2, 0) is 16.2 Å². The lowest BCUT2D eigenvalue weighted by atomic mass is 9.67. The normalized spacial score (nSPS) is 12.6. The van der Waals surface area contributed by atoms with Crippen molar-refractivity contribution in [3.05, 3.63) is 335 Å². The Kier molecular flexibility index (Phi) is 14.5. The number of hydrogen-bond acceptors (Lipinski definition) is 2. The minimum absolute atomic E-state index is 0.197. The summed E-state index contributed by atoms with van der Waals surface area (Å²) in [6.45, 7) is 13.8. The van der Waals surface area contributed by atoms with Crippen molar-refractivity contribution in [2.75, 3.05) is 9.80 Å². The molecule has 1 aliphatic carbocycles. The van der Waals surface area contributed by atoms with Gasteiger partial charge in [-0.25, -0.2) is 0 Å². The Labute approximate surface area is 511 Å². The Bertz CT molecular complexity index is 4010. The molecule has 0 unspecified atom stereocenters. The van der Waals surface area contributed by atoms with Gasteiger partial charge in [-0.2, -0.15) is 0 Å². The Balaban J connectivity index is 1.26. The van der Waals surface area contributed by atoms with Crippen LogP contribution in [-0.4, -0.2) is 0 Å². The van der Waals surface area contributed by atoms with Gasteiger partial charge in [0.15, 0.2) is 0 Å². The molecule has 0 saturated carbocycles. The first-order chi connectivity index (χ1) is 41.3. The van der Waals surface area contributed by atoms with Gasteiger partial charge in [0.1, 0.15) is 0 Å². The van der Waals surface area contributed by atoms with E-state index in [4.69, 9.17) is 23.2 Å². The number of rotatable bonds is 12. The van der Waals surface area contributed by atoms with Crippen LogP contribution in [0.5, 0.6) is 0 Å². The minimum Gasteiger partial charge on any atom is -0.309 e. The highest BCUT2D eigenvalue weighted by Gasteiger charge is 2.47. The highest BCUT2D eigenvalue weighted by Crippen LogP contribution is 2.59. The SMILES string of the molecule is CC(C)(C)c1cc(-c2ccccc2)c(N(c2cccc(Cl)c2)c2cc(N(c3cccc(Cl)c3)c3c(-c4ccccc4)cc(C(C)(C)C)cc3-c3ccccc3)cc(C3(c4ccccc4)c4ccccc4-c4ccccc43)c2)c(-c2ccccc2)c1. The van der Waals surface area contributed by atoms with E-state index < -0.39 is 5.41 Å². The van der Waals surface area contributed by atoms with Gasteiger partial charge in [-0.3, -0.25) is 0 Å². The summed E-state index contributed by atoms with van der Waals surface area (Å²) in [5.74, 6) is 0. The van der Waals surface area contributed by atoms with Gasteiger partial charge in [0.05, 0.1) is 16.8 Å². The van der Waals surface area contributed by atoms with Gasteiger partial charge < -0.3 is 9.80 Å². The predicted molar refractivity (Wildman–Crippen MR) is 362 cm³/mol. The largest absolute Gasteiger partial charge is 0.309 e. The van der Waals surface area contributed by atoms with Crippen molar-refractivity contribution in [3.63, 3.8) is 0 Å². The molecule has 0 amide bonds. The van der Waals surface area contributed by atoms with Crippen LogP contribution in [0.3, 0.4) is 0 Å². The molecule has 85 heavy (non-hydrogen) atoms. The zero-order valence-corrected chi connectivity index (χ0v) is 50.4. The number of hydrogen-bond donors (Lipinski definition) is 0. The molecule has 0 atom stereocenters. The van der Waals surface area contributed by atoms with E-state index in [1.807, 2.05) is 12.1 Å². The van der Waals surface area contributed by atoms with Crippen molar-refractivity contribution < 1.29 is 0 Å². The average Bonchev–Trinajstić information content (AvgIpc) is 1.80. The van der Waals surface area contributed by atoms with Crippen LogP contribution in [0.4, 0.5) is 34.1 Å². The summed E-state index contributed by atoms with van der Waals surface area (Å²) in [6, 6.07) is 106.